The lowest BCUT2D eigenvalue weighted by Crippen LogP contribution is -2.54. The van der Waals surface area contributed by atoms with E-state index in [1.165, 1.54) is 5.56 Å². The molecule has 1 saturated carbocycles. The number of nitrogens with one attached hydrogen (secondary N) is 3. The number of carbonyl (C=O) groups is 1. The van der Waals surface area contributed by atoms with Gasteiger partial charge in [-0.15, -0.1) is 0 Å². The van der Waals surface area contributed by atoms with Crippen LogP contribution < -0.4 is 16.1 Å². The molecule has 3 fully saturated rings. The molecule has 2 saturated heterocycles. The molecule has 32 heavy (non-hydrogen) atoms. The summed E-state index contributed by atoms with van der Waals surface area (Å²) in [6, 6.07) is 8.56. The Morgan fingerprint density at radius 3 is 2.56 bits per heavy atom. The second kappa shape index (κ2) is 8.44. The average molecular weight is 460 g/mol. The third-order valence-corrected chi connectivity index (χ3v) is 8.76. The highest BCUT2D eigenvalue weighted by Crippen LogP contribution is 2.38. The van der Waals surface area contributed by atoms with Crippen LogP contribution in [0.15, 0.2) is 30.3 Å². The molecular weight excluding hydrogens is 426 g/mol. The molecule has 5 rings (SSSR count). The number of rotatable bonds is 6. The van der Waals surface area contributed by atoms with Crippen molar-refractivity contribution in [1.82, 2.24) is 26.0 Å². The van der Waals surface area contributed by atoms with Crippen LogP contribution in [0.2, 0.25) is 0 Å². The van der Waals surface area contributed by atoms with Gasteiger partial charge in [0.1, 0.15) is 5.66 Å². The number of nitrogens with zero attached hydrogens (tertiary/aromatic N) is 2. The van der Waals surface area contributed by atoms with E-state index in [2.05, 4.69) is 63.2 Å². The predicted molar refractivity (Wildman–Crippen MR) is 123 cm³/mol. The summed E-state index contributed by atoms with van der Waals surface area (Å²) in [7, 11) is -2.85. The minimum absolute atomic E-state index is 0.126. The zero-order valence-corrected chi connectivity index (χ0v) is 19.5. The molecular formula is C23H33N5O3S. The Morgan fingerprint density at radius 1 is 1.19 bits per heavy atom. The smallest absolute Gasteiger partial charge is 0.225 e. The number of benzene rings is 1. The molecule has 3 N–H and O–H groups in total. The van der Waals surface area contributed by atoms with Gasteiger partial charge in [0.15, 0.2) is 16.1 Å². The Balaban J connectivity index is 1.27. The number of hydrogen-bond acceptors (Lipinski definition) is 7. The Labute approximate surface area is 190 Å². The number of carbonyl (C=O) groups excluding carboxylic acids is 1. The highest BCUT2D eigenvalue weighted by Gasteiger charge is 2.47. The van der Waals surface area contributed by atoms with Crippen molar-refractivity contribution < 1.29 is 13.2 Å². The largest absolute Gasteiger partial charge is 0.327 e. The Hall–Kier alpha value is -1.94. The molecule has 174 valence electrons. The van der Waals surface area contributed by atoms with Crippen LogP contribution in [0.25, 0.3) is 5.70 Å². The van der Waals surface area contributed by atoms with Crippen molar-refractivity contribution >= 4 is 21.4 Å². The van der Waals surface area contributed by atoms with E-state index < -0.39 is 9.84 Å². The maximum atomic E-state index is 12.3. The first kappa shape index (κ1) is 21.9. The standard InChI is InChI=1S/C23H33N5O3S/c1-2-23-11-3-4-20(28(23)26-22(25-23)24-21(29)19-9-10-19)18-7-5-17(6-8-18)16-27-12-14-32(30,31)15-13-27/h4-8,19,22,25-26H,2-3,9-16H2,1H3,(H,24,29). The van der Waals surface area contributed by atoms with Crippen molar-refractivity contribution in [3.63, 3.8) is 0 Å². The van der Waals surface area contributed by atoms with Gasteiger partial charge >= 0.3 is 0 Å². The number of hydrogen-bond donors (Lipinski definition) is 3. The van der Waals surface area contributed by atoms with Gasteiger partial charge in [0, 0.05) is 25.6 Å². The van der Waals surface area contributed by atoms with Gasteiger partial charge < -0.3 is 5.32 Å². The summed E-state index contributed by atoms with van der Waals surface area (Å²) in [5.74, 6) is 0.810. The van der Waals surface area contributed by atoms with E-state index in [1.807, 2.05) is 0 Å². The predicted octanol–water partition coefficient (Wildman–Crippen LogP) is 1.38. The van der Waals surface area contributed by atoms with E-state index in [9.17, 15) is 13.2 Å². The van der Waals surface area contributed by atoms with Crippen molar-refractivity contribution in [2.45, 2.75) is 57.5 Å². The van der Waals surface area contributed by atoms with Gasteiger partial charge in [-0.05, 0) is 43.2 Å². The molecule has 1 aliphatic carbocycles. The fourth-order valence-corrected chi connectivity index (χ4v) is 6.22. The number of hydrazine groups is 1. The molecule has 8 nitrogen and oxygen atoms in total. The average Bonchev–Trinajstić information content (AvgIpc) is 3.57. The molecule has 9 heteroatoms. The molecule has 2 atom stereocenters. The molecule has 3 heterocycles. The van der Waals surface area contributed by atoms with Gasteiger partial charge in [-0.2, -0.15) is 5.43 Å². The summed E-state index contributed by atoms with van der Waals surface area (Å²) < 4.78 is 23.3. The van der Waals surface area contributed by atoms with Crippen LogP contribution in [0, 0.1) is 5.92 Å². The molecule has 2 unspecified atom stereocenters. The van der Waals surface area contributed by atoms with Crippen molar-refractivity contribution in [3.05, 3.63) is 41.5 Å². The molecule has 3 aliphatic heterocycles. The highest BCUT2D eigenvalue weighted by molar-refractivity contribution is 7.91. The van der Waals surface area contributed by atoms with Crippen LogP contribution in [0.1, 0.15) is 50.2 Å². The maximum absolute atomic E-state index is 12.3. The lowest BCUT2D eigenvalue weighted by atomic mass is 9.93. The monoisotopic (exact) mass is 459 g/mol. The Morgan fingerprint density at radius 2 is 1.91 bits per heavy atom. The molecule has 0 bridgehead atoms. The van der Waals surface area contributed by atoms with E-state index in [0.717, 1.165) is 49.9 Å². The van der Waals surface area contributed by atoms with Gasteiger partial charge in [-0.3, -0.25) is 20.0 Å². The Bertz CT molecular complexity index is 991. The summed E-state index contributed by atoms with van der Waals surface area (Å²) in [6.45, 7) is 4.15. The molecule has 0 radical (unpaired) electrons. The van der Waals surface area contributed by atoms with Crippen molar-refractivity contribution in [1.29, 1.82) is 0 Å². The van der Waals surface area contributed by atoms with Crippen LogP contribution in [-0.4, -0.2) is 60.8 Å². The first-order valence-electron chi connectivity index (χ1n) is 11.7. The topological polar surface area (TPSA) is 93.8 Å². The summed E-state index contributed by atoms with van der Waals surface area (Å²) in [4.78, 5) is 14.5. The molecule has 1 amide bonds. The first-order chi connectivity index (χ1) is 15.4. The number of sulfone groups is 1. The molecule has 1 aromatic carbocycles. The van der Waals surface area contributed by atoms with Crippen molar-refractivity contribution in [2.24, 2.45) is 5.92 Å². The minimum atomic E-state index is -2.85. The summed E-state index contributed by atoms with van der Waals surface area (Å²) >= 11 is 0. The van der Waals surface area contributed by atoms with E-state index in [-0.39, 0.29) is 35.3 Å². The molecule has 0 spiro atoms. The minimum Gasteiger partial charge on any atom is -0.327 e. The molecule has 1 aromatic rings. The molecule has 4 aliphatic rings. The van der Waals surface area contributed by atoms with Gasteiger partial charge in [-0.1, -0.05) is 37.3 Å². The zero-order chi connectivity index (χ0) is 22.3. The Kier molecular flexibility index (Phi) is 5.77. The quantitative estimate of drug-likeness (QED) is 0.592. The van der Waals surface area contributed by atoms with Crippen LogP contribution in [0.3, 0.4) is 0 Å². The lowest BCUT2D eigenvalue weighted by Gasteiger charge is -2.42. The third kappa shape index (κ3) is 4.44. The second-order valence-electron chi connectivity index (χ2n) is 9.46. The van der Waals surface area contributed by atoms with Crippen molar-refractivity contribution in [2.75, 3.05) is 24.6 Å². The van der Waals surface area contributed by atoms with E-state index in [1.54, 1.807) is 0 Å². The van der Waals surface area contributed by atoms with Gasteiger partial charge in [0.2, 0.25) is 5.91 Å². The van der Waals surface area contributed by atoms with Crippen LogP contribution >= 0.6 is 0 Å². The number of allylic oxidation sites excluding steroid dienone is 1. The van der Waals surface area contributed by atoms with Crippen LogP contribution in [0.5, 0.6) is 0 Å². The third-order valence-electron chi connectivity index (χ3n) is 7.15. The van der Waals surface area contributed by atoms with Gasteiger partial charge in [0.25, 0.3) is 0 Å². The van der Waals surface area contributed by atoms with Gasteiger partial charge in [-0.25, -0.2) is 8.42 Å². The molecule has 0 aromatic heterocycles. The number of amides is 1. The summed E-state index contributed by atoms with van der Waals surface area (Å²) in [5, 5.41) is 8.95. The van der Waals surface area contributed by atoms with Crippen LogP contribution in [0.4, 0.5) is 0 Å². The van der Waals surface area contributed by atoms with E-state index >= 15 is 0 Å². The SMILES string of the molecule is CCC12CCC=C(c3ccc(CN4CCS(=O)(=O)CC4)cc3)N1NC(NC(=O)C1CC1)N2. The lowest BCUT2D eigenvalue weighted by molar-refractivity contribution is -0.123. The highest BCUT2D eigenvalue weighted by atomic mass is 32.2. The van der Waals surface area contributed by atoms with E-state index in [4.69, 9.17) is 0 Å². The fourth-order valence-electron chi connectivity index (χ4n) is 4.95. The van der Waals surface area contributed by atoms with E-state index in [0.29, 0.717) is 13.1 Å². The first-order valence-corrected chi connectivity index (χ1v) is 13.6. The maximum Gasteiger partial charge on any atom is 0.225 e. The summed E-state index contributed by atoms with van der Waals surface area (Å²) in [6.07, 6.45) is 6.85. The fraction of sp³-hybridized carbons (Fsp3) is 0.609. The van der Waals surface area contributed by atoms with Crippen LogP contribution in [-0.2, 0) is 21.2 Å². The number of fused-ring (bicyclic) bond motifs is 1. The zero-order valence-electron chi connectivity index (χ0n) is 18.6. The normalized spacial score (nSPS) is 30.0. The van der Waals surface area contributed by atoms with Crippen molar-refractivity contribution in [3.8, 4) is 0 Å². The second-order valence-corrected chi connectivity index (χ2v) is 11.8. The van der Waals surface area contributed by atoms with Gasteiger partial charge in [0.05, 0.1) is 17.2 Å². The summed E-state index contributed by atoms with van der Waals surface area (Å²) in [5.41, 5.74) is 6.73.